The molecule has 1 saturated carbocycles. The van der Waals surface area contributed by atoms with Crippen LogP contribution in [0.3, 0.4) is 0 Å². The molecular formula is C28H32N2O3. The fourth-order valence-electron chi connectivity index (χ4n) is 4.01. The van der Waals surface area contributed by atoms with E-state index in [0.717, 1.165) is 22.3 Å². The van der Waals surface area contributed by atoms with Crippen LogP contribution in [0.1, 0.15) is 65.5 Å². The quantitative estimate of drug-likeness (QED) is 0.659. The SMILES string of the molecule is CNC(=O)c1ccc(C=C2CC(C(C)(C)C)CC(=Cc3ccc(C(=O)NC)cc3)C2=O)cc1. The van der Waals surface area contributed by atoms with Crippen molar-refractivity contribution in [1.29, 1.82) is 0 Å². The van der Waals surface area contributed by atoms with Crippen LogP contribution in [0, 0.1) is 11.3 Å². The molecule has 172 valence electrons. The lowest BCUT2D eigenvalue weighted by atomic mass is 9.68. The first-order chi connectivity index (χ1) is 15.6. The number of carbonyl (C=O) groups excluding carboxylic acids is 3. The van der Waals surface area contributed by atoms with Crippen molar-refractivity contribution in [3.8, 4) is 0 Å². The lowest BCUT2D eigenvalue weighted by molar-refractivity contribution is -0.113. The van der Waals surface area contributed by atoms with Crippen molar-refractivity contribution in [2.24, 2.45) is 11.3 Å². The third-order valence-corrected chi connectivity index (χ3v) is 6.22. The predicted molar refractivity (Wildman–Crippen MR) is 133 cm³/mol. The van der Waals surface area contributed by atoms with Gasteiger partial charge in [-0.15, -0.1) is 0 Å². The van der Waals surface area contributed by atoms with Gasteiger partial charge < -0.3 is 10.6 Å². The number of hydrogen-bond acceptors (Lipinski definition) is 3. The van der Waals surface area contributed by atoms with E-state index in [2.05, 4.69) is 31.4 Å². The summed E-state index contributed by atoms with van der Waals surface area (Å²) in [6.07, 6.45) is 5.31. The standard InChI is InChI=1S/C28H32N2O3/c1-28(2,3)24-16-22(14-18-6-10-20(11-7-18)26(32)29-4)25(31)23(17-24)15-19-8-12-21(13-9-19)27(33)30-5/h6-15,24H,16-17H2,1-5H3,(H,29,32)(H,30,33). The Morgan fingerprint density at radius 2 is 1.12 bits per heavy atom. The molecule has 0 heterocycles. The number of rotatable bonds is 4. The van der Waals surface area contributed by atoms with Gasteiger partial charge in [-0.05, 0) is 71.7 Å². The smallest absolute Gasteiger partial charge is 0.251 e. The maximum atomic E-state index is 13.4. The summed E-state index contributed by atoms with van der Waals surface area (Å²) in [7, 11) is 3.21. The predicted octanol–water partition coefficient (Wildman–Crippen LogP) is 4.90. The number of ketones is 1. The van der Waals surface area contributed by atoms with Crippen molar-refractivity contribution in [2.45, 2.75) is 33.6 Å². The molecule has 5 heteroatoms. The molecule has 3 rings (SSSR count). The van der Waals surface area contributed by atoms with Gasteiger partial charge in [0.2, 0.25) is 0 Å². The van der Waals surface area contributed by atoms with E-state index in [4.69, 9.17) is 0 Å². The molecule has 1 aliphatic rings. The van der Waals surface area contributed by atoms with Gasteiger partial charge in [0.1, 0.15) is 0 Å². The van der Waals surface area contributed by atoms with E-state index < -0.39 is 0 Å². The molecule has 0 saturated heterocycles. The maximum absolute atomic E-state index is 13.4. The Hall–Kier alpha value is -3.47. The number of allylic oxidation sites excluding steroid dienone is 2. The van der Waals surface area contributed by atoms with Crippen LogP contribution in [-0.4, -0.2) is 31.7 Å². The molecule has 1 aliphatic carbocycles. The second kappa shape index (κ2) is 9.99. The highest BCUT2D eigenvalue weighted by Gasteiger charge is 2.34. The molecule has 0 bridgehead atoms. The zero-order chi connectivity index (χ0) is 24.2. The summed E-state index contributed by atoms with van der Waals surface area (Å²) in [5.41, 5.74) is 4.57. The van der Waals surface area contributed by atoms with Gasteiger partial charge in [0.25, 0.3) is 11.8 Å². The van der Waals surface area contributed by atoms with Crippen LogP contribution in [-0.2, 0) is 4.79 Å². The Balaban J connectivity index is 1.94. The van der Waals surface area contributed by atoms with E-state index in [-0.39, 0.29) is 23.0 Å². The molecular weight excluding hydrogens is 412 g/mol. The largest absolute Gasteiger partial charge is 0.355 e. The summed E-state index contributed by atoms with van der Waals surface area (Å²) in [4.78, 5) is 37.0. The molecule has 0 atom stereocenters. The van der Waals surface area contributed by atoms with Crippen molar-refractivity contribution in [3.05, 3.63) is 81.9 Å². The normalized spacial score (nSPS) is 18.9. The average Bonchev–Trinajstić information content (AvgIpc) is 2.80. The first-order valence-electron chi connectivity index (χ1n) is 11.2. The Labute approximate surface area is 196 Å². The summed E-state index contributed by atoms with van der Waals surface area (Å²) in [6, 6.07) is 14.5. The van der Waals surface area contributed by atoms with Gasteiger partial charge in [-0.3, -0.25) is 14.4 Å². The molecule has 0 aromatic heterocycles. The Bertz CT molecular complexity index is 1020. The zero-order valence-corrected chi connectivity index (χ0v) is 20.0. The van der Waals surface area contributed by atoms with Gasteiger partial charge >= 0.3 is 0 Å². The first kappa shape index (κ1) is 24.2. The minimum atomic E-state index is -0.136. The molecule has 5 nitrogen and oxygen atoms in total. The van der Waals surface area contributed by atoms with Gasteiger partial charge in [-0.1, -0.05) is 45.0 Å². The number of nitrogens with one attached hydrogen (secondary N) is 2. The maximum Gasteiger partial charge on any atom is 0.251 e. The van der Waals surface area contributed by atoms with Crippen molar-refractivity contribution in [1.82, 2.24) is 10.6 Å². The third kappa shape index (κ3) is 5.86. The van der Waals surface area contributed by atoms with Gasteiger partial charge in [-0.25, -0.2) is 0 Å². The van der Waals surface area contributed by atoms with E-state index in [1.165, 1.54) is 0 Å². The molecule has 2 aromatic carbocycles. The van der Waals surface area contributed by atoms with Gasteiger partial charge in [-0.2, -0.15) is 0 Å². The van der Waals surface area contributed by atoms with Crippen molar-refractivity contribution in [2.75, 3.05) is 14.1 Å². The number of amides is 2. The summed E-state index contributed by atoms with van der Waals surface area (Å²) < 4.78 is 0. The molecule has 2 N–H and O–H groups in total. The van der Waals surface area contributed by atoms with E-state index in [1.807, 2.05) is 36.4 Å². The van der Waals surface area contributed by atoms with Gasteiger partial charge in [0.15, 0.2) is 5.78 Å². The second-order valence-corrected chi connectivity index (χ2v) is 9.54. The number of carbonyl (C=O) groups is 3. The summed E-state index contributed by atoms with van der Waals surface area (Å²) in [6.45, 7) is 6.62. The van der Waals surface area contributed by atoms with E-state index in [1.54, 1.807) is 38.4 Å². The highest BCUT2D eigenvalue weighted by atomic mass is 16.2. The van der Waals surface area contributed by atoms with Crippen LogP contribution >= 0.6 is 0 Å². The topological polar surface area (TPSA) is 75.3 Å². The lowest BCUT2D eigenvalue weighted by Gasteiger charge is -2.35. The van der Waals surface area contributed by atoms with Crippen LogP contribution in [0.15, 0.2) is 59.7 Å². The minimum absolute atomic E-state index is 0.0467. The van der Waals surface area contributed by atoms with E-state index >= 15 is 0 Å². The van der Waals surface area contributed by atoms with Crippen molar-refractivity contribution >= 4 is 29.7 Å². The summed E-state index contributed by atoms with van der Waals surface area (Å²) in [5.74, 6) is 0.107. The van der Waals surface area contributed by atoms with Crippen LogP contribution in [0.2, 0.25) is 0 Å². The van der Waals surface area contributed by atoms with Crippen LogP contribution in [0.25, 0.3) is 12.2 Å². The van der Waals surface area contributed by atoms with Gasteiger partial charge in [0.05, 0.1) is 0 Å². The summed E-state index contributed by atoms with van der Waals surface area (Å²) in [5, 5.41) is 5.23. The molecule has 2 aromatic rings. The molecule has 0 spiro atoms. The minimum Gasteiger partial charge on any atom is -0.355 e. The van der Waals surface area contributed by atoms with Gasteiger partial charge in [0, 0.05) is 36.4 Å². The van der Waals surface area contributed by atoms with Crippen molar-refractivity contribution < 1.29 is 14.4 Å². The second-order valence-electron chi connectivity index (χ2n) is 9.54. The molecule has 0 unspecified atom stereocenters. The highest BCUT2D eigenvalue weighted by molar-refractivity contribution is 6.14. The van der Waals surface area contributed by atoms with Crippen molar-refractivity contribution in [3.63, 3.8) is 0 Å². The fourth-order valence-corrected chi connectivity index (χ4v) is 4.01. The first-order valence-corrected chi connectivity index (χ1v) is 11.2. The lowest BCUT2D eigenvalue weighted by Crippen LogP contribution is -2.29. The number of Topliss-reactive ketones (excluding diaryl/α,β-unsaturated/α-hetero) is 1. The fraction of sp³-hybridized carbons (Fsp3) is 0.321. The molecule has 0 radical (unpaired) electrons. The monoisotopic (exact) mass is 444 g/mol. The summed E-state index contributed by atoms with van der Waals surface area (Å²) >= 11 is 0. The van der Waals surface area contributed by atoms with Crippen LogP contribution in [0.5, 0.6) is 0 Å². The zero-order valence-electron chi connectivity index (χ0n) is 20.0. The highest BCUT2D eigenvalue weighted by Crippen LogP contribution is 2.42. The number of hydrogen-bond donors (Lipinski definition) is 2. The Morgan fingerprint density at radius 1 is 0.758 bits per heavy atom. The number of benzene rings is 2. The van der Waals surface area contributed by atoms with Crippen LogP contribution in [0.4, 0.5) is 0 Å². The van der Waals surface area contributed by atoms with E-state index in [9.17, 15) is 14.4 Å². The Morgan fingerprint density at radius 3 is 1.42 bits per heavy atom. The Kier molecular flexibility index (Phi) is 7.32. The molecule has 1 fully saturated rings. The van der Waals surface area contributed by atoms with E-state index in [0.29, 0.717) is 29.9 Å². The van der Waals surface area contributed by atoms with Crippen LogP contribution < -0.4 is 10.6 Å². The molecule has 33 heavy (non-hydrogen) atoms. The third-order valence-electron chi connectivity index (χ3n) is 6.22. The molecule has 0 aliphatic heterocycles. The average molecular weight is 445 g/mol. The molecule has 2 amide bonds.